The number of aryl methyl sites for hydroxylation is 1. The first-order valence-corrected chi connectivity index (χ1v) is 12.1. The van der Waals surface area contributed by atoms with Gasteiger partial charge in [0.2, 0.25) is 5.91 Å². The van der Waals surface area contributed by atoms with Gasteiger partial charge in [-0.15, -0.1) is 21.5 Å². The van der Waals surface area contributed by atoms with E-state index in [2.05, 4.69) is 17.1 Å². The minimum absolute atomic E-state index is 0.208. The molecule has 2 aliphatic rings. The summed E-state index contributed by atoms with van der Waals surface area (Å²) < 4.78 is 1.97. The Labute approximate surface area is 172 Å². The van der Waals surface area contributed by atoms with Gasteiger partial charge in [0.1, 0.15) is 11.2 Å². The van der Waals surface area contributed by atoms with E-state index < -0.39 is 0 Å². The standard InChI is InChI=1S/C20H25N5OS2/c1-13-6-7-14-15(10-13)28-19-17(14)18-22-23-20(25(18)12-21-19)27-11-16(26)24-8-4-2-3-5-9-24/h12-13H,2-11H2,1H3/t13-/m1/s1. The second-order valence-corrected chi connectivity index (χ2v) is 10.1. The van der Waals surface area contributed by atoms with Crippen LogP contribution in [0.4, 0.5) is 0 Å². The maximum absolute atomic E-state index is 12.6. The highest BCUT2D eigenvalue weighted by molar-refractivity contribution is 7.99. The fraction of sp³-hybridized carbons (Fsp3) is 0.600. The van der Waals surface area contributed by atoms with Gasteiger partial charge in [-0.2, -0.15) is 0 Å². The van der Waals surface area contributed by atoms with Crippen molar-refractivity contribution in [2.45, 2.75) is 57.0 Å². The molecule has 28 heavy (non-hydrogen) atoms. The predicted molar refractivity (Wildman–Crippen MR) is 113 cm³/mol. The summed E-state index contributed by atoms with van der Waals surface area (Å²) in [5, 5.41) is 10.8. The van der Waals surface area contributed by atoms with Gasteiger partial charge in [0.05, 0.1) is 11.1 Å². The summed E-state index contributed by atoms with van der Waals surface area (Å²) in [4.78, 5) is 21.8. The number of amides is 1. The number of rotatable bonds is 3. The van der Waals surface area contributed by atoms with Crippen LogP contribution in [-0.2, 0) is 17.6 Å². The molecule has 0 radical (unpaired) electrons. The molecule has 0 aromatic carbocycles. The number of thioether (sulfide) groups is 1. The van der Waals surface area contributed by atoms with Crippen LogP contribution in [0.3, 0.4) is 0 Å². The second-order valence-electron chi connectivity index (χ2n) is 8.04. The maximum Gasteiger partial charge on any atom is 0.233 e. The third kappa shape index (κ3) is 3.30. The normalized spacial score (nSPS) is 20.5. The third-order valence-corrected chi connectivity index (χ3v) is 8.05. The number of likely N-dealkylation sites (tertiary alicyclic amines) is 1. The van der Waals surface area contributed by atoms with Crippen LogP contribution in [0.15, 0.2) is 11.5 Å². The second kappa shape index (κ2) is 7.63. The number of hydrogen-bond donors (Lipinski definition) is 0. The van der Waals surface area contributed by atoms with E-state index in [0.29, 0.717) is 5.75 Å². The van der Waals surface area contributed by atoms with Gasteiger partial charge in [-0.25, -0.2) is 4.98 Å². The molecule has 0 bridgehead atoms. The zero-order valence-electron chi connectivity index (χ0n) is 16.2. The van der Waals surface area contributed by atoms with Gasteiger partial charge in [-0.3, -0.25) is 9.20 Å². The lowest BCUT2D eigenvalue weighted by Gasteiger charge is -2.19. The molecule has 6 nitrogen and oxygen atoms in total. The van der Waals surface area contributed by atoms with E-state index in [0.717, 1.165) is 60.3 Å². The van der Waals surface area contributed by atoms with Gasteiger partial charge in [-0.1, -0.05) is 31.5 Å². The molecule has 4 heterocycles. The van der Waals surface area contributed by atoms with Crippen LogP contribution in [0.5, 0.6) is 0 Å². The number of fused-ring (bicyclic) bond motifs is 5. The van der Waals surface area contributed by atoms with Crippen molar-refractivity contribution in [3.63, 3.8) is 0 Å². The van der Waals surface area contributed by atoms with Crippen molar-refractivity contribution in [3.05, 3.63) is 16.8 Å². The maximum atomic E-state index is 12.6. The topological polar surface area (TPSA) is 63.4 Å². The molecule has 5 rings (SSSR count). The first-order chi connectivity index (χ1) is 13.7. The fourth-order valence-corrected chi connectivity index (χ4v) is 6.51. The molecule has 1 amide bonds. The molecular weight excluding hydrogens is 390 g/mol. The summed E-state index contributed by atoms with van der Waals surface area (Å²) in [6, 6.07) is 0. The van der Waals surface area contributed by atoms with E-state index in [1.165, 1.54) is 46.9 Å². The van der Waals surface area contributed by atoms with Crippen LogP contribution in [0.2, 0.25) is 0 Å². The van der Waals surface area contributed by atoms with Crippen molar-refractivity contribution in [2.24, 2.45) is 5.92 Å². The van der Waals surface area contributed by atoms with Gasteiger partial charge in [0.25, 0.3) is 0 Å². The number of carbonyl (C=O) groups is 1. The van der Waals surface area contributed by atoms with E-state index in [1.54, 1.807) is 11.3 Å². The first-order valence-electron chi connectivity index (χ1n) is 10.3. The minimum Gasteiger partial charge on any atom is -0.342 e. The van der Waals surface area contributed by atoms with Gasteiger partial charge < -0.3 is 4.90 Å². The van der Waals surface area contributed by atoms with E-state index in [9.17, 15) is 4.79 Å². The molecule has 0 N–H and O–H groups in total. The van der Waals surface area contributed by atoms with Gasteiger partial charge in [0, 0.05) is 18.0 Å². The van der Waals surface area contributed by atoms with E-state index in [1.807, 2.05) is 15.6 Å². The Morgan fingerprint density at radius 2 is 2.07 bits per heavy atom. The Balaban J connectivity index is 1.40. The molecule has 1 atom stereocenters. The highest BCUT2D eigenvalue weighted by Gasteiger charge is 2.24. The van der Waals surface area contributed by atoms with Crippen molar-refractivity contribution < 1.29 is 4.79 Å². The Hall–Kier alpha value is -1.67. The van der Waals surface area contributed by atoms with Crippen LogP contribution in [0.1, 0.15) is 49.5 Å². The van der Waals surface area contributed by atoms with E-state index >= 15 is 0 Å². The molecule has 1 fully saturated rings. The molecule has 0 saturated carbocycles. The fourth-order valence-electron chi connectivity index (χ4n) is 4.36. The summed E-state index contributed by atoms with van der Waals surface area (Å²) in [5.74, 6) is 1.36. The molecule has 3 aromatic rings. The van der Waals surface area contributed by atoms with Crippen molar-refractivity contribution in [2.75, 3.05) is 18.8 Å². The zero-order valence-corrected chi connectivity index (χ0v) is 17.8. The van der Waals surface area contributed by atoms with Crippen LogP contribution in [0.25, 0.3) is 15.9 Å². The Bertz CT molecular complexity index is 1020. The number of aromatic nitrogens is 4. The molecular formula is C20H25N5OS2. The highest BCUT2D eigenvalue weighted by Crippen LogP contribution is 2.39. The van der Waals surface area contributed by atoms with Gasteiger partial charge in [-0.05, 0) is 43.6 Å². The highest BCUT2D eigenvalue weighted by atomic mass is 32.2. The summed E-state index contributed by atoms with van der Waals surface area (Å²) in [7, 11) is 0. The summed E-state index contributed by atoms with van der Waals surface area (Å²) >= 11 is 3.28. The summed E-state index contributed by atoms with van der Waals surface area (Å²) in [6.07, 6.45) is 9.99. The lowest BCUT2D eigenvalue weighted by molar-refractivity contribution is -0.128. The predicted octanol–water partition coefficient (Wildman–Crippen LogP) is 3.96. The largest absolute Gasteiger partial charge is 0.342 e. The smallest absolute Gasteiger partial charge is 0.233 e. The van der Waals surface area contributed by atoms with Crippen LogP contribution in [0, 0.1) is 5.92 Å². The SMILES string of the molecule is C[C@@H]1CCc2c(sc3ncn4c(SCC(=O)N5CCCCCC5)nnc4c23)C1. The number of hydrogen-bond acceptors (Lipinski definition) is 6. The van der Waals surface area contributed by atoms with E-state index in [-0.39, 0.29) is 5.91 Å². The molecule has 1 saturated heterocycles. The Morgan fingerprint density at radius 1 is 1.25 bits per heavy atom. The molecule has 3 aromatic heterocycles. The molecule has 1 aliphatic carbocycles. The third-order valence-electron chi connectivity index (χ3n) is 5.96. The lowest BCUT2D eigenvalue weighted by atomic mass is 9.89. The number of nitrogens with zero attached hydrogens (tertiary/aromatic N) is 5. The molecule has 8 heteroatoms. The molecule has 1 aliphatic heterocycles. The Kier molecular flexibility index (Phi) is 5.00. The van der Waals surface area contributed by atoms with Gasteiger partial charge >= 0.3 is 0 Å². The first kappa shape index (κ1) is 18.4. The number of carbonyl (C=O) groups excluding carboxylic acids is 1. The van der Waals surface area contributed by atoms with Crippen molar-refractivity contribution in [1.29, 1.82) is 0 Å². The van der Waals surface area contributed by atoms with Crippen LogP contribution >= 0.6 is 23.1 Å². The van der Waals surface area contributed by atoms with Gasteiger partial charge in [0.15, 0.2) is 10.8 Å². The molecule has 0 unspecified atom stereocenters. The summed E-state index contributed by atoms with van der Waals surface area (Å²) in [5.41, 5.74) is 2.31. The zero-order chi connectivity index (χ0) is 19.1. The van der Waals surface area contributed by atoms with Crippen molar-refractivity contribution in [3.8, 4) is 0 Å². The molecule has 0 spiro atoms. The van der Waals surface area contributed by atoms with Crippen molar-refractivity contribution in [1.82, 2.24) is 24.5 Å². The van der Waals surface area contributed by atoms with Crippen LogP contribution < -0.4 is 0 Å². The molecule has 148 valence electrons. The monoisotopic (exact) mass is 415 g/mol. The number of thiophene rings is 1. The quantitative estimate of drug-likeness (QED) is 0.606. The average molecular weight is 416 g/mol. The van der Waals surface area contributed by atoms with Crippen LogP contribution in [-0.4, -0.2) is 49.2 Å². The van der Waals surface area contributed by atoms with Crippen molar-refractivity contribution >= 4 is 44.9 Å². The average Bonchev–Trinajstić information content (AvgIpc) is 3.14. The minimum atomic E-state index is 0.208. The van der Waals surface area contributed by atoms with E-state index in [4.69, 9.17) is 4.98 Å². The summed E-state index contributed by atoms with van der Waals surface area (Å²) in [6.45, 7) is 4.10. The Morgan fingerprint density at radius 3 is 2.89 bits per heavy atom. The lowest BCUT2D eigenvalue weighted by Crippen LogP contribution is -2.33.